The molecule has 9 nitrogen and oxygen atoms in total. The molecule has 38 heavy (non-hydrogen) atoms. The molecule has 1 aliphatic heterocycles. The van der Waals surface area contributed by atoms with E-state index < -0.39 is 70.4 Å². The molecule has 3 aliphatic carbocycles. The number of esters is 2. The first kappa shape index (κ1) is 27.3. The Kier molecular flexibility index (Phi) is 6.36. The van der Waals surface area contributed by atoms with Crippen molar-refractivity contribution in [2.45, 2.75) is 95.6 Å². The lowest BCUT2D eigenvalue weighted by atomic mass is 9.45. The van der Waals surface area contributed by atoms with Crippen molar-refractivity contribution < 1.29 is 44.2 Å². The van der Waals surface area contributed by atoms with E-state index in [-0.39, 0.29) is 18.6 Å². The second kappa shape index (κ2) is 8.86. The first-order valence-corrected chi connectivity index (χ1v) is 13.3. The number of fused-ring (bicyclic) bond motifs is 5. The second-order valence-electron chi connectivity index (χ2n) is 12.3. The first-order valence-electron chi connectivity index (χ1n) is 13.3. The number of hydrogen-bond donors (Lipinski definition) is 4. The Labute approximate surface area is 222 Å². The Morgan fingerprint density at radius 3 is 2.32 bits per heavy atom. The first-order chi connectivity index (χ1) is 17.7. The molecule has 4 N–H and O–H groups in total. The summed E-state index contributed by atoms with van der Waals surface area (Å²) in [7, 11) is 0. The van der Waals surface area contributed by atoms with Gasteiger partial charge in [-0.25, -0.2) is 4.79 Å². The molecule has 2 saturated carbocycles. The van der Waals surface area contributed by atoms with Crippen LogP contribution < -0.4 is 0 Å². The van der Waals surface area contributed by atoms with Crippen molar-refractivity contribution in [3.8, 4) is 0 Å². The van der Waals surface area contributed by atoms with Crippen molar-refractivity contribution >= 4 is 11.9 Å². The van der Waals surface area contributed by atoms with Crippen molar-refractivity contribution in [2.24, 2.45) is 16.7 Å². The molecule has 9 heteroatoms. The van der Waals surface area contributed by atoms with Gasteiger partial charge in [-0.2, -0.15) is 0 Å². The molecule has 1 aromatic carbocycles. The summed E-state index contributed by atoms with van der Waals surface area (Å²) in [6.07, 6.45) is -5.22. The third-order valence-electron chi connectivity index (χ3n) is 10.0. The van der Waals surface area contributed by atoms with Gasteiger partial charge in [0.05, 0.1) is 30.3 Å². The van der Waals surface area contributed by atoms with E-state index in [1.807, 2.05) is 0 Å². The van der Waals surface area contributed by atoms with E-state index in [9.17, 15) is 30.0 Å². The van der Waals surface area contributed by atoms with E-state index in [2.05, 4.69) is 0 Å². The molecule has 0 aromatic heterocycles. The largest absolute Gasteiger partial charge is 0.455 e. The van der Waals surface area contributed by atoms with Crippen LogP contribution in [-0.4, -0.2) is 80.7 Å². The fourth-order valence-corrected chi connectivity index (χ4v) is 7.90. The second-order valence-corrected chi connectivity index (χ2v) is 12.3. The molecular formula is C29H38O9. The van der Waals surface area contributed by atoms with Crippen molar-refractivity contribution in [2.75, 3.05) is 6.61 Å². The number of aliphatic hydroxyl groups is 4. The van der Waals surface area contributed by atoms with Crippen LogP contribution in [0.3, 0.4) is 0 Å². The minimum Gasteiger partial charge on any atom is -0.455 e. The van der Waals surface area contributed by atoms with Crippen LogP contribution in [0.2, 0.25) is 0 Å². The van der Waals surface area contributed by atoms with Gasteiger partial charge in [0.1, 0.15) is 23.9 Å². The Hall–Kier alpha value is -2.30. The third-order valence-corrected chi connectivity index (χ3v) is 10.0. The van der Waals surface area contributed by atoms with Gasteiger partial charge in [0, 0.05) is 24.2 Å². The summed E-state index contributed by atoms with van der Waals surface area (Å²) < 4.78 is 18.0. The normalized spacial score (nSPS) is 43.5. The van der Waals surface area contributed by atoms with E-state index in [4.69, 9.17) is 14.2 Å². The lowest BCUT2D eigenvalue weighted by Gasteiger charge is -2.68. The smallest absolute Gasteiger partial charge is 0.338 e. The maximum absolute atomic E-state index is 13.6. The van der Waals surface area contributed by atoms with Gasteiger partial charge in [-0.05, 0) is 43.0 Å². The van der Waals surface area contributed by atoms with Gasteiger partial charge < -0.3 is 34.6 Å². The van der Waals surface area contributed by atoms with Crippen LogP contribution in [0.1, 0.15) is 64.2 Å². The predicted octanol–water partition coefficient (Wildman–Crippen LogP) is 1.90. The van der Waals surface area contributed by atoms with Crippen LogP contribution >= 0.6 is 0 Å². The Morgan fingerprint density at radius 2 is 1.74 bits per heavy atom. The van der Waals surface area contributed by atoms with E-state index >= 15 is 0 Å². The van der Waals surface area contributed by atoms with Gasteiger partial charge in [0.25, 0.3) is 0 Å². The summed E-state index contributed by atoms with van der Waals surface area (Å²) in [5.74, 6) is -2.22. The molecule has 0 amide bonds. The van der Waals surface area contributed by atoms with E-state index in [1.165, 1.54) is 6.92 Å². The molecule has 208 valence electrons. The Bertz CT molecular complexity index is 1160. The van der Waals surface area contributed by atoms with Crippen LogP contribution in [0.15, 0.2) is 41.5 Å². The predicted molar refractivity (Wildman–Crippen MR) is 135 cm³/mol. The van der Waals surface area contributed by atoms with Gasteiger partial charge in [0.2, 0.25) is 0 Å². The summed E-state index contributed by atoms with van der Waals surface area (Å²) in [6.45, 7) is 8.16. The highest BCUT2D eigenvalue weighted by molar-refractivity contribution is 5.89. The number of carbonyl (C=O) groups is 2. The van der Waals surface area contributed by atoms with Gasteiger partial charge >= 0.3 is 11.9 Å². The quantitative estimate of drug-likeness (QED) is 0.340. The zero-order chi connectivity index (χ0) is 27.8. The average molecular weight is 531 g/mol. The summed E-state index contributed by atoms with van der Waals surface area (Å²) in [6, 6.07) is 8.36. The summed E-state index contributed by atoms with van der Waals surface area (Å²) in [4.78, 5) is 26.0. The van der Waals surface area contributed by atoms with Gasteiger partial charge in [-0.3, -0.25) is 4.79 Å². The molecular weight excluding hydrogens is 492 g/mol. The zero-order valence-corrected chi connectivity index (χ0v) is 22.5. The molecule has 5 rings (SSSR count). The molecule has 4 aliphatic rings. The highest BCUT2D eigenvalue weighted by atomic mass is 16.6. The minimum absolute atomic E-state index is 0.0134. The number of benzene rings is 1. The summed E-state index contributed by atoms with van der Waals surface area (Å²) >= 11 is 0. The minimum atomic E-state index is -1.90. The van der Waals surface area contributed by atoms with Crippen LogP contribution in [-0.2, 0) is 19.0 Å². The molecule has 1 heterocycles. The highest BCUT2D eigenvalue weighted by Crippen LogP contribution is 2.64. The number of ether oxygens (including phenoxy) is 3. The number of hydrogen-bond acceptors (Lipinski definition) is 9. The monoisotopic (exact) mass is 530 g/mol. The Morgan fingerprint density at radius 1 is 1.08 bits per heavy atom. The van der Waals surface area contributed by atoms with Crippen LogP contribution in [0, 0.1) is 16.7 Å². The molecule has 1 aromatic rings. The SMILES string of the molecule is CC(=O)O[C@@]12CO[C@@H]1CC[C@@]1(C)[C@H](O)[C@H](O)C3=C(C)[C@@H](O)C[C@@](O)([C@H](OC(=O)c4ccccc4)[C@@H]12)C3(C)C. The zero-order valence-electron chi connectivity index (χ0n) is 22.5. The molecule has 0 radical (unpaired) electrons. The van der Waals surface area contributed by atoms with Crippen LogP contribution in [0.4, 0.5) is 0 Å². The van der Waals surface area contributed by atoms with Crippen molar-refractivity contribution in [1.82, 2.24) is 0 Å². The maximum Gasteiger partial charge on any atom is 0.338 e. The highest BCUT2D eigenvalue weighted by Gasteiger charge is 2.75. The summed E-state index contributed by atoms with van der Waals surface area (Å²) in [5, 5.41) is 47.3. The maximum atomic E-state index is 13.6. The molecule has 9 atom stereocenters. The van der Waals surface area contributed by atoms with Gasteiger partial charge in [0.15, 0.2) is 5.60 Å². The van der Waals surface area contributed by atoms with E-state index in [1.54, 1.807) is 58.0 Å². The number of aliphatic hydroxyl groups excluding tert-OH is 3. The number of rotatable bonds is 3. The Balaban J connectivity index is 1.78. The van der Waals surface area contributed by atoms with Gasteiger partial charge in [-0.1, -0.05) is 39.0 Å². The third kappa shape index (κ3) is 3.55. The fourth-order valence-electron chi connectivity index (χ4n) is 7.90. The van der Waals surface area contributed by atoms with Crippen molar-refractivity contribution in [1.29, 1.82) is 0 Å². The van der Waals surface area contributed by atoms with Crippen LogP contribution in [0.5, 0.6) is 0 Å². The van der Waals surface area contributed by atoms with Gasteiger partial charge in [-0.15, -0.1) is 0 Å². The lowest BCUT2D eigenvalue weighted by Crippen LogP contribution is -2.80. The standard InChI is InChI=1S/C29H38O9/c1-15-18(31)13-29(35)24(37-25(34)17-9-7-6-8-10-17)22-27(5,23(33)21(32)20(15)26(29,3)4)12-11-19-28(22,14-36-19)38-16(2)30/h6-10,18-19,21-24,31-33,35H,11-14H2,1-5H3/t18-,19+,21+,22-,23+,24+,27+,28-,29+/m0/s1. The molecule has 0 spiro atoms. The average Bonchev–Trinajstić information content (AvgIpc) is 2.84. The van der Waals surface area contributed by atoms with E-state index in [0.717, 1.165) is 0 Å². The fraction of sp³-hybridized carbons (Fsp3) is 0.655. The molecule has 1 saturated heterocycles. The van der Waals surface area contributed by atoms with Crippen LogP contribution in [0.25, 0.3) is 0 Å². The molecule has 0 unspecified atom stereocenters. The number of carbonyl (C=O) groups excluding carboxylic acids is 2. The van der Waals surface area contributed by atoms with Crippen molar-refractivity contribution in [3.63, 3.8) is 0 Å². The van der Waals surface area contributed by atoms with E-state index in [0.29, 0.717) is 24.0 Å². The lowest BCUT2D eigenvalue weighted by molar-refractivity contribution is -0.348. The summed E-state index contributed by atoms with van der Waals surface area (Å²) in [5.41, 5.74) is -4.56. The molecule has 3 fully saturated rings. The topological polar surface area (TPSA) is 143 Å². The van der Waals surface area contributed by atoms with Crippen molar-refractivity contribution in [3.05, 3.63) is 47.0 Å². The molecule has 2 bridgehead atoms.